The summed E-state index contributed by atoms with van der Waals surface area (Å²) in [6.45, 7) is 4.07. The minimum Gasteiger partial charge on any atom is -0.395 e. The Kier molecular flexibility index (Phi) is 7.77. The second-order valence-corrected chi connectivity index (χ2v) is 12.3. The van der Waals surface area contributed by atoms with E-state index < -0.39 is 50.0 Å². The summed E-state index contributed by atoms with van der Waals surface area (Å²) in [5, 5.41) is 10.2. The van der Waals surface area contributed by atoms with Crippen LogP contribution in [0.4, 0.5) is 22.0 Å². The fraction of sp³-hybridized carbons (Fsp3) is 0.379. The third-order valence-corrected chi connectivity index (χ3v) is 10.2. The summed E-state index contributed by atoms with van der Waals surface area (Å²) in [7, 11) is -5.08. The van der Waals surface area contributed by atoms with E-state index in [4.69, 9.17) is 0 Å². The Morgan fingerprint density at radius 2 is 1.45 bits per heavy atom. The Bertz CT molecular complexity index is 1520. The minimum absolute atomic E-state index is 0.145. The van der Waals surface area contributed by atoms with Crippen molar-refractivity contribution in [1.82, 2.24) is 9.21 Å². The highest BCUT2D eigenvalue weighted by atomic mass is 32.2. The van der Waals surface area contributed by atoms with Gasteiger partial charge in [-0.15, -0.1) is 0 Å². The number of nitrogens with zero attached hydrogens (tertiary/aromatic N) is 2. The van der Waals surface area contributed by atoms with Gasteiger partial charge in [-0.3, -0.25) is 4.90 Å². The lowest BCUT2D eigenvalue weighted by molar-refractivity contribution is -0.0554. The Morgan fingerprint density at radius 3 is 2.08 bits per heavy atom. The molecule has 0 aromatic heterocycles. The molecule has 1 N–H and O–H groups in total. The number of halogens is 5. The average molecular weight is 581 g/mol. The second-order valence-electron chi connectivity index (χ2n) is 10.4. The van der Waals surface area contributed by atoms with Gasteiger partial charge in [-0.05, 0) is 61.1 Å². The van der Waals surface area contributed by atoms with Crippen LogP contribution in [0.2, 0.25) is 0 Å². The molecule has 2 fully saturated rings. The molecule has 2 heterocycles. The Hall–Kier alpha value is -2.86. The molecule has 0 bridgehead atoms. The number of aliphatic hydroxyl groups is 1. The van der Waals surface area contributed by atoms with Crippen molar-refractivity contribution in [3.63, 3.8) is 0 Å². The Balaban J connectivity index is 1.49. The third kappa shape index (κ3) is 4.62. The maximum atomic E-state index is 14.5. The molecular formula is C29H29F5N2O3S. The highest BCUT2D eigenvalue weighted by molar-refractivity contribution is 7.89. The molecule has 0 radical (unpaired) electrons. The monoisotopic (exact) mass is 580 g/mol. The van der Waals surface area contributed by atoms with Gasteiger partial charge < -0.3 is 5.11 Å². The van der Waals surface area contributed by atoms with Gasteiger partial charge in [0.2, 0.25) is 15.8 Å². The van der Waals surface area contributed by atoms with E-state index >= 15 is 0 Å². The lowest BCUT2D eigenvalue weighted by Gasteiger charge is -2.57. The van der Waals surface area contributed by atoms with Crippen molar-refractivity contribution in [2.75, 3.05) is 26.2 Å². The number of hydrogen-bond acceptors (Lipinski definition) is 4. The molecule has 0 spiro atoms. The van der Waals surface area contributed by atoms with E-state index in [1.807, 2.05) is 61.2 Å². The molecule has 0 unspecified atom stereocenters. The molecular weight excluding hydrogens is 551 g/mol. The van der Waals surface area contributed by atoms with E-state index in [1.165, 1.54) is 0 Å². The van der Waals surface area contributed by atoms with Crippen molar-refractivity contribution >= 4 is 10.0 Å². The predicted octanol–water partition coefficient (Wildman–Crippen LogP) is 5.28. The average Bonchev–Trinajstić information content (AvgIpc) is 2.91. The van der Waals surface area contributed by atoms with Crippen LogP contribution in [0.3, 0.4) is 0 Å². The van der Waals surface area contributed by atoms with Crippen LogP contribution in [-0.2, 0) is 10.0 Å². The topological polar surface area (TPSA) is 60.9 Å². The summed E-state index contributed by atoms with van der Waals surface area (Å²) < 4.78 is 98.0. The van der Waals surface area contributed by atoms with Crippen LogP contribution in [0, 0.1) is 42.9 Å². The molecule has 3 atom stereocenters. The number of hydrogen-bond donors (Lipinski definition) is 1. The minimum atomic E-state index is -5.08. The first-order valence-electron chi connectivity index (χ1n) is 13.0. The van der Waals surface area contributed by atoms with Gasteiger partial charge in [0.05, 0.1) is 6.61 Å². The molecule has 11 heteroatoms. The molecule has 5 rings (SSSR count). The number of sulfonamides is 1. The lowest BCUT2D eigenvalue weighted by atomic mass is 9.74. The van der Waals surface area contributed by atoms with Crippen LogP contribution >= 0.6 is 0 Å². The molecule has 0 aliphatic carbocycles. The first-order chi connectivity index (χ1) is 19.0. The summed E-state index contributed by atoms with van der Waals surface area (Å²) in [6.07, 6.45) is 0.833. The van der Waals surface area contributed by atoms with E-state index in [0.29, 0.717) is 19.4 Å². The fourth-order valence-electron chi connectivity index (χ4n) is 6.02. The smallest absolute Gasteiger partial charge is 0.249 e. The molecule has 3 aromatic carbocycles. The van der Waals surface area contributed by atoms with Crippen molar-refractivity contribution in [3.05, 3.63) is 88.2 Å². The normalized spacial score (nSPS) is 22.4. The number of fused-ring (bicyclic) bond motifs is 1. The highest BCUT2D eigenvalue weighted by Crippen LogP contribution is 2.43. The van der Waals surface area contributed by atoms with E-state index in [1.54, 1.807) is 0 Å². The molecule has 2 aliphatic rings. The van der Waals surface area contributed by atoms with Crippen LogP contribution in [0.15, 0.2) is 47.4 Å². The van der Waals surface area contributed by atoms with Crippen LogP contribution in [-0.4, -0.2) is 61.1 Å². The molecule has 2 aliphatic heterocycles. The first kappa shape index (κ1) is 28.7. The zero-order valence-electron chi connectivity index (χ0n) is 22.0. The van der Waals surface area contributed by atoms with Crippen molar-refractivity contribution in [1.29, 1.82) is 0 Å². The van der Waals surface area contributed by atoms with Gasteiger partial charge in [0.1, 0.15) is 0 Å². The first-order valence-corrected chi connectivity index (χ1v) is 14.5. The van der Waals surface area contributed by atoms with Gasteiger partial charge in [0.15, 0.2) is 28.2 Å². The Labute approximate surface area is 229 Å². The quantitative estimate of drug-likeness (QED) is 0.254. The van der Waals surface area contributed by atoms with Crippen LogP contribution in [0.1, 0.15) is 35.4 Å². The number of aryl methyl sites for hydroxylation is 1. The fourth-order valence-corrected chi connectivity index (χ4v) is 7.62. The maximum Gasteiger partial charge on any atom is 0.249 e. The van der Waals surface area contributed by atoms with Crippen molar-refractivity contribution in [2.24, 2.45) is 0 Å². The van der Waals surface area contributed by atoms with Gasteiger partial charge in [-0.25, -0.2) is 30.4 Å². The van der Waals surface area contributed by atoms with Gasteiger partial charge in [-0.2, -0.15) is 4.31 Å². The molecule has 0 saturated carbocycles. The zero-order valence-corrected chi connectivity index (χ0v) is 22.8. The number of benzene rings is 3. The molecule has 2 saturated heterocycles. The van der Waals surface area contributed by atoms with Gasteiger partial charge in [-0.1, -0.05) is 42.5 Å². The number of rotatable bonds is 5. The van der Waals surface area contributed by atoms with Gasteiger partial charge >= 0.3 is 0 Å². The zero-order chi connectivity index (χ0) is 28.9. The van der Waals surface area contributed by atoms with Crippen molar-refractivity contribution < 1.29 is 35.5 Å². The Morgan fingerprint density at radius 1 is 0.850 bits per heavy atom. The van der Waals surface area contributed by atoms with Crippen LogP contribution in [0.5, 0.6) is 0 Å². The molecule has 40 heavy (non-hydrogen) atoms. The van der Waals surface area contributed by atoms with Crippen molar-refractivity contribution in [3.8, 4) is 11.1 Å². The summed E-state index contributed by atoms with van der Waals surface area (Å²) >= 11 is 0. The van der Waals surface area contributed by atoms with E-state index in [-0.39, 0.29) is 31.7 Å². The van der Waals surface area contributed by atoms with Gasteiger partial charge in [0, 0.05) is 31.1 Å². The maximum absolute atomic E-state index is 14.5. The van der Waals surface area contributed by atoms with E-state index in [0.717, 1.165) is 32.1 Å². The van der Waals surface area contributed by atoms with Crippen LogP contribution in [0.25, 0.3) is 11.1 Å². The largest absolute Gasteiger partial charge is 0.395 e. The SMILES string of the molecule is Cc1cccc(-c2ccc([C@@H]3[C@@H](CO)N4CCCCN(S(=O)(=O)c5c(F)c(F)c(F)c(F)c5F)C[C@@H]34)cc2)c1C. The molecule has 0 amide bonds. The van der Waals surface area contributed by atoms with Crippen molar-refractivity contribution in [2.45, 2.75) is 49.6 Å². The molecule has 5 nitrogen and oxygen atoms in total. The summed E-state index contributed by atoms with van der Waals surface area (Å²) in [4.78, 5) is 0.104. The second kappa shape index (κ2) is 10.8. The van der Waals surface area contributed by atoms with Crippen LogP contribution < -0.4 is 0 Å². The highest BCUT2D eigenvalue weighted by Gasteiger charge is 2.51. The third-order valence-electron chi connectivity index (χ3n) is 8.31. The summed E-state index contributed by atoms with van der Waals surface area (Å²) in [6, 6.07) is 13.0. The standard InChI is InChI=1S/C29H29F5N2O3S/c1-16-6-5-7-20(17(16)2)18-8-10-19(11-9-18)23-21-14-35(12-3-4-13-36(21)22(23)15-37)40(38,39)29-27(33)25(31)24(30)26(32)28(29)34/h5-11,21-23,37H,3-4,12-15H2,1-2H3/t21-,22+,23-/m0/s1. The lowest BCUT2D eigenvalue weighted by Crippen LogP contribution is -2.67. The molecule has 3 aromatic rings. The summed E-state index contributed by atoms with van der Waals surface area (Å²) in [5.41, 5.74) is 5.22. The van der Waals surface area contributed by atoms with E-state index in [9.17, 15) is 35.5 Å². The number of aliphatic hydroxyl groups excluding tert-OH is 1. The van der Waals surface area contributed by atoms with E-state index in [2.05, 4.69) is 0 Å². The summed E-state index contributed by atoms with van der Waals surface area (Å²) in [5.74, 6) is -12.1. The molecule has 214 valence electrons. The predicted molar refractivity (Wildman–Crippen MR) is 140 cm³/mol. The van der Waals surface area contributed by atoms with Gasteiger partial charge in [0.25, 0.3) is 0 Å².